The molecule has 1 spiro atoms. The number of pyridine rings is 1. The summed E-state index contributed by atoms with van der Waals surface area (Å²) in [5.74, 6) is 0.767. The smallest absolute Gasteiger partial charge is 0.273 e. The average Bonchev–Trinajstić information content (AvgIpc) is 3.48. The van der Waals surface area contributed by atoms with Crippen LogP contribution in [0, 0.1) is 0 Å². The second-order valence-electron chi connectivity index (χ2n) is 7.23. The number of aromatic nitrogens is 1. The van der Waals surface area contributed by atoms with Gasteiger partial charge in [0.05, 0.1) is 18.4 Å². The maximum atomic E-state index is 12.9. The fourth-order valence-electron chi connectivity index (χ4n) is 3.73. The topological polar surface area (TPSA) is 102 Å². The number of fused-ring (bicyclic) bond motifs is 1. The van der Waals surface area contributed by atoms with Gasteiger partial charge in [-0.2, -0.15) is 0 Å². The zero-order valence-electron chi connectivity index (χ0n) is 15.5. The molecule has 148 valence electrons. The van der Waals surface area contributed by atoms with E-state index in [0.29, 0.717) is 54.4 Å². The van der Waals surface area contributed by atoms with Gasteiger partial charge in [-0.1, -0.05) is 5.16 Å². The maximum absolute atomic E-state index is 12.9. The van der Waals surface area contributed by atoms with Crippen LogP contribution < -0.4 is 14.8 Å². The standard InChI is InChI=1S/C20H18N4O5/c25-18(22-14-2-1-6-21-10-14)15-9-20(29-23-15)5-7-24(11-20)19(26)13-3-4-16-17(8-13)28-12-27-16/h1-4,6,8,10H,5,7,9,11-12H2,(H,22,25). The number of nitrogens with one attached hydrogen (secondary N) is 1. The van der Waals surface area contributed by atoms with Crippen LogP contribution >= 0.6 is 0 Å². The van der Waals surface area contributed by atoms with E-state index >= 15 is 0 Å². The number of nitrogens with zero attached hydrogens (tertiary/aromatic N) is 3. The number of carbonyl (C=O) groups is 2. The Labute approximate surface area is 166 Å². The Kier molecular flexibility index (Phi) is 4.08. The molecular formula is C20H18N4O5. The third-order valence-electron chi connectivity index (χ3n) is 5.24. The molecule has 0 radical (unpaired) electrons. The quantitative estimate of drug-likeness (QED) is 0.852. The molecule has 0 saturated carbocycles. The van der Waals surface area contributed by atoms with Crippen LogP contribution in [0.2, 0.25) is 0 Å². The van der Waals surface area contributed by atoms with E-state index in [0.717, 1.165) is 0 Å². The van der Waals surface area contributed by atoms with E-state index in [9.17, 15) is 9.59 Å². The summed E-state index contributed by atoms with van der Waals surface area (Å²) >= 11 is 0. The minimum Gasteiger partial charge on any atom is -0.454 e. The minimum absolute atomic E-state index is 0.114. The molecule has 1 N–H and O–H groups in total. The Morgan fingerprint density at radius 3 is 2.93 bits per heavy atom. The van der Waals surface area contributed by atoms with Gasteiger partial charge in [0.1, 0.15) is 5.71 Å². The average molecular weight is 394 g/mol. The highest BCUT2D eigenvalue weighted by Crippen LogP contribution is 2.36. The van der Waals surface area contributed by atoms with Crippen LogP contribution in [0.5, 0.6) is 11.5 Å². The van der Waals surface area contributed by atoms with Gasteiger partial charge in [0.25, 0.3) is 11.8 Å². The van der Waals surface area contributed by atoms with Gasteiger partial charge in [-0.3, -0.25) is 14.6 Å². The van der Waals surface area contributed by atoms with E-state index < -0.39 is 5.60 Å². The van der Waals surface area contributed by atoms with Gasteiger partial charge in [0.15, 0.2) is 17.1 Å². The SMILES string of the molecule is O=C(Nc1cccnc1)C1=NOC2(CCN(C(=O)c3ccc4c(c3)OCO4)C2)C1. The molecule has 0 aliphatic carbocycles. The van der Waals surface area contributed by atoms with Crippen molar-refractivity contribution in [3.8, 4) is 11.5 Å². The van der Waals surface area contributed by atoms with Crippen molar-refractivity contribution in [2.75, 3.05) is 25.2 Å². The zero-order valence-corrected chi connectivity index (χ0v) is 15.5. The molecular weight excluding hydrogens is 376 g/mol. The summed E-state index contributed by atoms with van der Waals surface area (Å²) in [6, 6.07) is 8.63. The molecule has 5 rings (SSSR count). The molecule has 1 fully saturated rings. The number of ether oxygens (including phenoxy) is 2. The first kappa shape index (κ1) is 17.5. The van der Waals surface area contributed by atoms with Gasteiger partial charge in [-0.05, 0) is 30.3 Å². The highest BCUT2D eigenvalue weighted by Gasteiger charge is 2.48. The Bertz CT molecular complexity index is 1010. The van der Waals surface area contributed by atoms with Gasteiger partial charge >= 0.3 is 0 Å². The van der Waals surface area contributed by atoms with Crippen LogP contribution in [0.3, 0.4) is 0 Å². The van der Waals surface area contributed by atoms with Crippen LogP contribution in [0.25, 0.3) is 0 Å². The number of likely N-dealkylation sites (tertiary alicyclic amines) is 1. The summed E-state index contributed by atoms with van der Waals surface area (Å²) < 4.78 is 10.6. The predicted molar refractivity (Wildman–Crippen MR) is 102 cm³/mol. The highest BCUT2D eigenvalue weighted by molar-refractivity contribution is 6.43. The van der Waals surface area contributed by atoms with Crippen molar-refractivity contribution in [3.63, 3.8) is 0 Å². The summed E-state index contributed by atoms with van der Waals surface area (Å²) in [7, 11) is 0. The molecule has 1 aromatic carbocycles. The van der Waals surface area contributed by atoms with Crippen molar-refractivity contribution >= 4 is 23.2 Å². The second-order valence-corrected chi connectivity index (χ2v) is 7.23. The lowest BCUT2D eigenvalue weighted by Gasteiger charge is -2.21. The van der Waals surface area contributed by atoms with Crippen LogP contribution in [-0.4, -0.2) is 52.9 Å². The lowest BCUT2D eigenvalue weighted by atomic mass is 9.96. The van der Waals surface area contributed by atoms with Crippen molar-refractivity contribution in [3.05, 3.63) is 48.3 Å². The zero-order chi connectivity index (χ0) is 19.8. The van der Waals surface area contributed by atoms with Crippen LogP contribution in [-0.2, 0) is 9.63 Å². The molecule has 0 bridgehead atoms. The maximum Gasteiger partial charge on any atom is 0.273 e. The number of anilines is 1. The summed E-state index contributed by atoms with van der Waals surface area (Å²) in [5, 5.41) is 6.75. The molecule has 29 heavy (non-hydrogen) atoms. The van der Waals surface area contributed by atoms with Gasteiger partial charge in [0.2, 0.25) is 6.79 Å². The van der Waals surface area contributed by atoms with Gasteiger partial charge in [0, 0.05) is 31.1 Å². The van der Waals surface area contributed by atoms with E-state index in [1.807, 2.05) is 0 Å². The van der Waals surface area contributed by atoms with E-state index in [1.54, 1.807) is 47.6 Å². The third-order valence-corrected chi connectivity index (χ3v) is 5.24. The van der Waals surface area contributed by atoms with E-state index in [1.165, 1.54) is 0 Å². The lowest BCUT2D eigenvalue weighted by Crippen LogP contribution is -2.37. The van der Waals surface area contributed by atoms with Crippen LogP contribution in [0.4, 0.5) is 5.69 Å². The molecule has 2 aromatic rings. The number of oxime groups is 1. The molecule has 3 aliphatic rings. The van der Waals surface area contributed by atoms with Crippen molar-refractivity contribution in [2.45, 2.75) is 18.4 Å². The lowest BCUT2D eigenvalue weighted by molar-refractivity contribution is -0.110. The summed E-state index contributed by atoms with van der Waals surface area (Å²) in [6.45, 7) is 1.06. The van der Waals surface area contributed by atoms with E-state index in [-0.39, 0.29) is 18.6 Å². The minimum atomic E-state index is -0.659. The number of hydrogen-bond donors (Lipinski definition) is 1. The molecule has 1 saturated heterocycles. The predicted octanol–water partition coefficient (Wildman–Crippen LogP) is 1.81. The fraction of sp³-hybridized carbons (Fsp3) is 0.300. The van der Waals surface area contributed by atoms with Crippen molar-refractivity contribution in [1.29, 1.82) is 0 Å². The van der Waals surface area contributed by atoms with E-state index in [2.05, 4.69) is 15.5 Å². The van der Waals surface area contributed by atoms with Crippen molar-refractivity contribution < 1.29 is 23.9 Å². The molecule has 9 heteroatoms. The van der Waals surface area contributed by atoms with Gasteiger partial charge in [-0.15, -0.1) is 0 Å². The van der Waals surface area contributed by atoms with Crippen LogP contribution in [0.15, 0.2) is 47.9 Å². The first-order chi connectivity index (χ1) is 14.1. The molecule has 9 nitrogen and oxygen atoms in total. The van der Waals surface area contributed by atoms with Crippen molar-refractivity contribution in [1.82, 2.24) is 9.88 Å². The molecule has 1 aromatic heterocycles. The molecule has 4 heterocycles. The number of hydrogen-bond acceptors (Lipinski definition) is 7. The number of amides is 2. The molecule has 1 atom stereocenters. The first-order valence-corrected chi connectivity index (χ1v) is 9.27. The van der Waals surface area contributed by atoms with Gasteiger partial charge in [-0.25, -0.2) is 0 Å². The Morgan fingerprint density at radius 2 is 2.07 bits per heavy atom. The second kappa shape index (κ2) is 6.77. The van der Waals surface area contributed by atoms with Crippen LogP contribution in [0.1, 0.15) is 23.2 Å². The third kappa shape index (κ3) is 3.24. The highest BCUT2D eigenvalue weighted by atomic mass is 16.7. The summed E-state index contributed by atoms with van der Waals surface area (Å²) in [5.41, 5.74) is 0.770. The fourth-order valence-corrected chi connectivity index (χ4v) is 3.73. The monoisotopic (exact) mass is 394 g/mol. The first-order valence-electron chi connectivity index (χ1n) is 9.27. The molecule has 3 aliphatic heterocycles. The van der Waals surface area contributed by atoms with Gasteiger partial charge < -0.3 is 24.5 Å². The Morgan fingerprint density at radius 1 is 1.17 bits per heavy atom. The Balaban J connectivity index is 1.23. The number of carbonyl (C=O) groups excluding carboxylic acids is 2. The van der Waals surface area contributed by atoms with E-state index in [4.69, 9.17) is 14.3 Å². The summed E-state index contributed by atoms with van der Waals surface area (Å²) in [4.78, 5) is 36.7. The van der Waals surface area contributed by atoms with Crippen molar-refractivity contribution in [2.24, 2.45) is 5.16 Å². The number of benzene rings is 1. The summed E-state index contributed by atoms with van der Waals surface area (Å²) in [6.07, 6.45) is 4.15. The number of rotatable bonds is 3. The Hall–Kier alpha value is -3.62. The largest absolute Gasteiger partial charge is 0.454 e. The normalized spacial score (nSPS) is 21.8. The molecule has 2 amide bonds. The molecule has 1 unspecified atom stereocenters.